The van der Waals surface area contributed by atoms with Gasteiger partial charge < -0.3 is 15.6 Å². The molecule has 3 aliphatic rings. The quantitative estimate of drug-likeness (QED) is 0.0655. The number of hydrogen-bond acceptors (Lipinski definition) is 13. The number of carbonyl (C=O) groups excluding carboxylic acids is 8. The maximum Gasteiger partial charge on any atom is 0.356 e. The molecule has 6 heterocycles. The number of carbonyl (C=O) groups is 9. The van der Waals surface area contributed by atoms with Crippen LogP contribution in [0.1, 0.15) is 86.7 Å². The summed E-state index contributed by atoms with van der Waals surface area (Å²) in [6.45, 7) is -0.673. The number of benzene rings is 6. The van der Waals surface area contributed by atoms with Gasteiger partial charge >= 0.3 is 11.9 Å². The van der Waals surface area contributed by atoms with Crippen LogP contribution in [0, 0.1) is 34.9 Å². The molecule has 0 atom stereocenters. The lowest BCUT2D eigenvalue weighted by molar-refractivity contribution is -0.140. The number of methoxy groups -OCH3 is 1. The van der Waals surface area contributed by atoms with Crippen LogP contribution in [-0.4, -0.2) is 95.2 Å². The summed E-state index contributed by atoms with van der Waals surface area (Å²) in [6.07, 6.45) is 0.592. The van der Waals surface area contributed by atoms with Crippen molar-refractivity contribution in [3.05, 3.63) is 196 Å². The predicted octanol–water partition coefficient (Wildman–Crippen LogP) is 10.1. The van der Waals surface area contributed by atoms with Crippen molar-refractivity contribution < 1.29 is 79.3 Å². The molecule has 7 amide bonds. The van der Waals surface area contributed by atoms with Gasteiger partial charge in [-0.15, -0.1) is 0 Å². The summed E-state index contributed by atoms with van der Waals surface area (Å²) in [5.74, 6) is -8.76. The highest BCUT2D eigenvalue weighted by Gasteiger charge is 2.33. The van der Waals surface area contributed by atoms with Crippen molar-refractivity contribution in [3.63, 3.8) is 0 Å². The smallest absolute Gasteiger partial charge is 0.356 e. The molecule has 0 radical (unpaired) electrons. The maximum absolute atomic E-state index is 15.4. The molecule has 12 rings (SSSR count). The number of amides is 7. The summed E-state index contributed by atoms with van der Waals surface area (Å²) >= 11 is 0. The van der Waals surface area contributed by atoms with E-state index in [4.69, 9.17) is 10.5 Å². The van der Waals surface area contributed by atoms with E-state index in [0.29, 0.717) is 49.5 Å². The molecule has 0 bridgehead atoms. The summed E-state index contributed by atoms with van der Waals surface area (Å²) in [5.41, 5.74) is 7.48. The van der Waals surface area contributed by atoms with E-state index in [0.717, 1.165) is 14.7 Å². The molecule has 9 aromatic rings. The third-order valence-corrected chi connectivity index (χ3v) is 14.8. The zero-order chi connectivity index (χ0) is 62.8. The lowest BCUT2D eigenvalue weighted by Crippen LogP contribution is -2.28. The van der Waals surface area contributed by atoms with Gasteiger partial charge in [-0.25, -0.2) is 50.9 Å². The van der Waals surface area contributed by atoms with Gasteiger partial charge in [0.25, 0.3) is 5.91 Å². The highest BCUT2D eigenvalue weighted by atomic mass is 19.1. The number of carboxylic acid groups (broad SMARTS) is 1. The van der Waals surface area contributed by atoms with Crippen LogP contribution in [0.15, 0.2) is 127 Å². The van der Waals surface area contributed by atoms with E-state index in [9.17, 15) is 61.4 Å². The molecule has 24 heteroatoms. The highest BCUT2D eigenvalue weighted by molar-refractivity contribution is 6.06. The second kappa shape index (κ2) is 24.9. The molecular weight excluding hydrogens is 1160 g/mol. The van der Waals surface area contributed by atoms with Gasteiger partial charge in [0, 0.05) is 71.4 Å². The zero-order valence-electron chi connectivity index (χ0n) is 46.0. The molecule has 18 nitrogen and oxygen atoms in total. The van der Waals surface area contributed by atoms with Gasteiger partial charge in [-0.05, 0) is 88.0 Å². The average Bonchev–Trinajstić information content (AvgIpc) is 1.04. The molecule has 0 saturated carbocycles. The van der Waals surface area contributed by atoms with Crippen molar-refractivity contribution in [2.24, 2.45) is 5.73 Å². The van der Waals surface area contributed by atoms with Gasteiger partial charge in [0.05, 0.1) is 26.7 Å². The molecule has 3 N–H and O–H groups in total. The molecule has 3 aliphatic heterocycles. The Morgan fingerprint density at radius 3 is 0.989 bits per heavy atom. The number of pyridine rings is 3. The summed E-state index contributed by atoms with van der Waals surface area (Å²) in [6, 6.07) is 29.7. The minimum Gasteiger partial charge on any atom is -0.477 e. The van der Waals surface area contributed by atoms with Crippen LogP contribution in [0.2, 0.25) is 0 Å². The van der Waals surface area contributed by atoms with E-state index < -0.39 is 52.7 Å². The molecule has 3 fully saturated rings. The van der Waals surface area contributed by atoms with E-state index in [1.807, 2.05) is 0 Å². The number of primary amides is 1. The highest BCUT2D eigenvalue weighted by Crippen LogP contribution is 2.36. The Bertz CT molecular complexity index is 4200. The third-order valence-electron chi connectivity index (χ3n) is 14.8. The van der Waals surface area contributed by atoms with Crippen LogP contribution in [0.5, 0.6) is 0 Å². The molecule has 3 aromatic heterocycles. The second-order valence-corrected chi connectivity index (χ2v) is 20.3. The van der Waals surface area contributed by atoms with E-state index in [2.05, 4.69) is 15.0 Å². The molecule has 3 saturated heterocycles. The summed E-state index contributed by atoms with van der Waals surface area (Å²) in [4.78, 5) is 122. The summed E-state index contributed by atoms with van der Waals surface area (Å²) in [5, 5.41) is 10.5. The number of hydrogen-bond donors (Lipinski definition) is 2. The van der Waals surface area contributed by atoms with E-state index in [1.165, 1.54) is 116 Å². The number of carboxylic acids is 1. The standard InChI is InChI=1S/C22H16F2N2O4.C21H15F2N3O3.C21H14F2N2O4/c1-30-22(29)17-10-16(12-2-5-14(23)6-3-12)15-7-4-13(20(24)21(15)25-17)11-26-18(27)8-9-19(26)28;22-13-4-1-11(2-5-13)15-9-16(21(24)29)25-20-14(15)6-3-12(19(20)23)10-26-17(27)7-8-18(26)28;22-13-4-1-11(2-5-13)15-9-16(21(28)29)24-20-14(15)6-3-12(19(20)23)10-25-17(26)7-8-18(25)27/h2-7,10H,8-9,11H2,1H3;1-6,9H,7-8,10H2,(H2,24,29);1-6,9H,7-8,10H2,(H,28,29). The Morgan fingerprint density at radius 2 is 0.705 bits per heavy atom. The molecule has 444 valence electrons. The first-order valence-electron chi connectivity index (χ1n) is 26.8. The number of halogens is 6. The lowest BCUT2D eigenvalue weighted by atomic mass is 9.98. The molecule has 0 spiro atoms. The zero-order valence-corrected chi connectivity index (χ0v) is 46.0. The van der Waals surface area contributed by atoms with Crippen molar-refractivity contribution in [2.45, 2.75) is 58.2 Å². The van der Waals surface area contributed by atoms with E-state index in [-0.39, 0.29) is 144 Å². The van der Waals surface area contributed by atoms with Gasteiger partial charge in [0.15, 0.2) is 17.5 Å². The van der Waals surface area contributed by atoms with Gasteiger partial charge in [-0.3, -0.25) is 48.3 Å². The van der Waals surface area contributed by atoms with Crippen LogP contribution in [-0.2, 0) is 53.1 Å². The van der Waals surface area contributed by atoms with Crippen LogP contribution in [0.25, 0.3) is 66.1 Å². The number of imide groups is 3. The molecule has 0 aliphatic carbocycles. The fraction of sp³-hybridized carbons (Fsp3) is 0.156. The minimum absolute atomic E-state index is 0.0567. The van der Waals surface area contributed by atoms with Gasteiger partial charge in [-0.2, -0.15) is 0 Å². The molecule has 6 aromatic carbocycles. The minimum atomic E-state index is -1.34. The first kappa shape index (κ1) is 60.1. The largest absolute Gasteiger partial charge is 0.477 e. The van der Waals surface area contributed by atoms with Crippen LogP contribution in [0.3, 0.4) is 0 Å². The Balaban J connectivity index is 0.000000146. The Kier molecular flexibility index (Phi) is 17.0. The van der Waals surface area contributed by atoms with E-state index >= 15 is 13.2 Å². The number of ether oxygens (including phenoxy) is 1. The maximum atomic E-state index is 15.4. The number of likely N-dealkylation sites (tertiary alicyclic amines) is 3. The molecule has 88 heavy (non-hydrogen) atoms. The second-order valence-electron chi connectivity index (χ2n) is 20.3. The Hall–Kier alpha value is -11.0. The fourth-order valence-corrected chi connectivity index (χ4v) is 10.2. The van der Waals surface area contributed by atoms with Crippen molar-refractivity contribution in [1.82, 2.24) is 29.7 Å². The first-order valence-corrected chi connectivity index (χ1v) is 26.8. The first-order chi connectivity index (χ1) is 42.1. The normalized spacial score (nSPS) is 14.0. The van der Waals surface area contributed by atoms with Crippen molar-refractivity contribution in [2.75, 3.05) is 7.11 Å². The van der Waals surface area contributed by atoms with Gasteiger partial charge in [0.2, 0.25) is 35.4 Å². The number of nitrogens with zero attached hydrogens (tertiary/aromatic N) is 6. The Labute approximate surface area is 493 Å². The summed E-state index contributed by atoms with van der Waals surface area (Å²) in [7, 11) is 1.18. The number of rotatable bonds is 12. The predicted molar refractivity (Wildman–Crippen MR) is 302 cm³/mol. The van der Waals surface area contributed by atoms with Crippen molar-refractivity contribution >= 4 is 86.0 Å². The fourth-order valence-electron chi connectivity index (χ4n) is 10.2. The third kappa shape index (κ3) is 12.2. The van der Waals surface area contributed by atoms with Crippen LogP contribution >= 0.6 is 0 Å². The topological polar surface area (TPSA) is 258 Å². The number of aromatic nitrogens is 3. The van der Waals surface area contributed by atoms with E-state index in [1.54, 1.807) is 18.2 Å². The number of esters is 1. The van der Waals surface area contributed by atoms with Crippen molar-refractivity contribution in [1.29, 1.82) is 0 Å². The number of aromatic carboxylic acids is 1. The van der Waals surface area contributed by atoms with Crippen LogP contribution < -0.4 is 5.73 Å². The SMILES string of the molecule is COC(=O)c1cc(-c2ccc(F)cc2)c2ccc(CN3C(=O)CCC3=O)c(F)c2n1.NC(=O)c1cc(-c2ccc(F)cc2)c2ccc(CN3C(=O)CCC3=O)c(F)c2n1.O=C(O)c1cc(-c2ccc(F)cc2)c2ccc(CN3C(=O)CCC3=O)c(F)c2n1. The molecular formula is C64H45F6N7O11. The van der Waals surface area contributed by atoms with Gasteiger partial charge in [0.1, 0.15) is 51.1 Å². The number of nitrogens with two attached hydrogens (primary N) is 1. The van der Waals surface area contributed by atoms with Crippen LogP contribution in [0.4, 0.5) is 26.3 Å². The Morgan fingerprint density at radius 1 is 0.432 bits per heavy atom. The van der Waals surface area contributed by atoms with Gasteiger partial charge in [-0.1, -0.05) is 72.8 Å². The lowest BCUT2D eigenvalue weighted by Gasteiger charge is -2.16. The summed E-state index contributed by atoms with van der Waals surface area (Å²) < 4.78 is 90.5. The number of fused-ring (bicyclic) bond motifs is 3. The molecule has 0 unspecified atom stereocenters. The van der Waals surface area contributed by atoms with Crippen molar-refractivity contribution in [3.8, 4) is 33.4 Å². The average molecular weight is 1200 g/mol. The monoisotopic (exact) mass is 1200 g/mol.